The van der Waals surface area contributed by atoms with Crippen molar-refractivity contribution >= 4 is 22.4 Å². The molecule has 4 nitrogen and oxygen atoms in total. The highest BCUT2D eigenvalue weighted by Crippen LogP contribution is 2.22. The van der Waals surface area contributed by atoms with Gasteiger partial charge in [-0.1, -0.05) is 37.3 Å². The third-order valence-corrected chi connectivity index (χ3v) is 3.59. The summed E-state index contributed by atoms with van der Waals surface area (Å²) >= 11 is 0. The summed E-state index contributed by atoms with van der Waals surface area (Å²) in [5, 5.41) is 5.06. The fraction of sp³-hybridized carbons (Fsp3) is 0.158. The topological polar surface area (TPSA) is 51.2 Å². The van der Waals surface area contributed by atoms with Crippen molar-refractivity contribution in [3.8, 4) is 5.75 Å². The molecule has 1 unspecified atom stereocenters. The first-order valence-corrected chi connectivity index (χ1v) is 7.62. The first-order chi connectivity index (χ1) is 11.3. The summed E-state index contributed by atoms with van der Waals surface area (Å²) in [6.07, 6.45) is 3.31. The van der Waals surface area contributed by atoms with Crippen molar-refractivity contribution < 1.29 is 9.53 Å². The quantitative estimate of drug-likeness (QED) is 0.774. The molecule has 0 aliphatic carbocycles. The number of carbonyl (C=O) groups is 1. The number of aromatic nitrogens is 1. The van der Waals surface area contributed by atoms with Gasteiger partial charge < -0.3 is 10.1 Å². The Morgan fingerprint density at radius 3 is 2.70 bits per heavy atom. The van der Waals surface area contributed by atoms with Crippen LogP contribution < -0.4 is 10.1 Å². The van der Waals surface area contributed by atoms with Crippen LogP contribution in [-0.4, -0.2) is 17.0 Å². The molecule has 0 aliphatic heterocycles. The molecule has 0 aliphatic rings. The summed E-state index contributed by atoms with van der Waals surface area (Å²) in [7, 11) is 0. The number of hydrogen-bond donors (Lipinski definition) is 1. The molecule has 1 atom stereocenters. The van der Waals surface area contributed by atoms with Crippen molar-refractivity contribution in [2.75, 3.05) is 5.32 Å². The Morgan fingerprint density at radius 1 is 1.13 bits per heavy atom. The third kappa shape index (κ3) is 3.66. The number of benzene rings is 2. The van der Waals surface area contributed by atoms with E-state index in [1.54, 1.807) is 24.5 Å². The van der Waals surface area contributed by atoms with Gasteiger partial charge in [0.15, 0.2) is 6.10 Å². The van der Waals surface area contributed by atoms with Crippen molar-refractivity contribution in [1.29, 1.82) is 0 Å². The summed E-state index contributed by atoms with van der Waals surface area (Å²) in [5.74, 6) is 0.519. The van der Waals surface area contributed by atoms with Gasteiger partial charge in [-0.15, -0.1) is 0 Å². The maximum atomic E-state index is 12.3. The monoisotopic (exact) mass is 306 g/mol. The molecule has 1 aromatic heterocycles. The van der Waals surface area contributed by atoms with E-state index < -0.39 is 6.10 Å². The van der Waals surface area contributed by atoms with E-state index in [-0.39, 0.29) is 5.91 Å². The largest absolute Gasteiger partial charge is 0.481 e. The second-order valence-corrected chi connectivity index (χ2v) is 5.25. The van der Waals surface area contributed by atoms with E-state index in [1.165, 1.54) is 0 Å². The number of anilines is 1. The zero-order chi connectivity index (χ0) is 16.1. The zero-order valence-electron chi connectivity index (χ0n) is 12.9. The van der Waals surface area contributed by atoms with Gasteiger partial charge in [0.05, 0.1) is 11.9 Å². The van der Waals surface area contributed by atoms with Crippen molar-refractivity contribution in [3.63, 3.8) is 0 Å². The zero-order valence-corrected chi connectivity index (χ0v) is 12.9. The number of nitrogens with zero attached hydrogens (tertiary/aromatic N) is 1. The smallest absolute Gasteiger partial charge is 0.265 e. The van der Waals surface area contributed by atoms with Crippen LogP contribution >= 0.6 is 0 Å². The van der Waals surface area contributed by atoms with Crippen LogP contribution in [0.15, 0.2) is 67.0 Å². The second kappa shape index (κ2) is 6.92. The molecule has 0 radical (unpaired) electrons. The van der Waals surface area contributed by atoms with Crippen molar-refractivity contribution in [2.24, 2.45) is 0 Å². The molecule has 116 valence electrons. The highest BCUT2D eigenvalue weighted by atomic mass is 16.5. The molecule has 0 saturated carbocycles. The predicted molar refractivity (Wildman–Crippen MR) is 91.5 cm³/mol. The molecule has 0 fully saturated rings. The Labute approximate surface area is 135 Å². The summed E-state index contributed by atoms with van der Waals surface area (Å²) in [5.41, 5.74) is 0.665. The van der Waals surface area contributed by atoms with Crippen LogP contribution in [0.25, 0.3) is 10.8 Å². The van der Waals surface area contributed by atoms with E-state index >= 15 is 0 Å². The number of pyridine rings is 1. The maximum absolute atomic E-state index is 12.3. The van der Waals surface area contributed by atoms with Crippen LogP contribution in [-0.2, 0) is 4.79 Å². The molecule has 0 spiro atoms. The third-order valence-electron chi connectivity index (χ3n) is 3.59. The Hall–Kier alpha value is -2.88. The van der Waals surface area contributed by atoms with Crippen LogP contribution in [0.4, 0.5) is 5.69 Å². The Bertz CT molecular complexity index is 803. The van der Waals surface area contributed by atoms with Crippen LogP contribution in [0.2, 0.25) is 0 Å². The maximum Gasteiger partial charge on any atom is 0.265 e. The van der Waals surface area contributed by atoms with Crippen LogP contribution in [0, 0.1) is 0 Å². The van der Waals surface area contributed by atoms with Gasteiger partial charge in [0.2, 0.25) is 0 Å². The lowest BCUT2D eigenvalue weighted by Gasteiger charge is -2.17. The lowest BCUT2D eigenvalue weighted by atomic mass is 10.1. The number of rotatable bonds is 5. The van der Waals surface area contributed by atoms with E-state index in [4.69, 9.17) is 4.74 Å². The van der Waals surface area contributed by atoms with Gasteiger partial charge in [-0.05, 0) is 41.5 Å². The first kappa shape index (κ1) is 15.0. The minimum absolute atomic E-state index is 0.173. The molecular weight excluding hydrogens is 288 g/mol. The van der Waals surface area contributed by atoms with Crippen molar-refractivity contribution in [1.82, 2.24) is 4.98 Å². The summed E-state index contributed by atoms with van der Waals surface area (Å²) in [6, 6.07) is 17.5. The van der Waals surface area contributed by atoms with E-state index in [9.17, 15) is 4.79 Å². The summed E-state index contributed by atoms with van der Waals surface area (Å²) in [4.78, 5) is 16.3. The Morgan fingerprint density at radius 2 is 1.96 bits per heavy atom. The molecule has 4 heteroatoms. The molecule has 2 aromatic carbocycles. The standard InChI is InChI=1S/C19H18N2O2/c1-2-18(19(22)21-16-8-5-11-20-13-16)23-17-10-9-14-6-3-4-7-15(14)12-17/h3-13,18H,2H2,1H3,(H,21,22). The molecule has 0 saturated heterocycles. The predicted octanol–water partition coefficient (Wildman–Crippen LogP) is 4.03. The van der Waals surface area contributed by atoms with Gasteiger partial charge in [0, 0.05) is 6.20 Å². The van der Waals surface area contributed by atoms with Crippen molar-refractivity contribution in [2.45, 2.75) is 19.4 Å². The van der Waals surface area contributed by atoms with E-state index in [0.717, 1.165) is 10.8 Å². The minimum atomic E-state index is -0.545. The summed E-state index contributed by atoms with van der Waals surface area (Å²) in [6.45, 7) is 1.93. The number of nitrogens with one attached hydrogen (secondary N) is 1. The number of carbonyl (C=O) groups excluding carboxylic acids is 1. The molecular formula is C19H18N2O2. The second-order valence-electron chi connectivity index (χ2n) is 5.25. The Kier molecular flexibility index (Phi) is 4.52. The van der Waals surface area contributed by atoms with Crippen LogP contribution in [0.3, 0.4) is 0 Å². The van der Waals surface area contributed by atoms with Crippen LogP contribution in [0.5, 0.6) is 5.75 Å². The average Bonchev–Trinajstić information content (AvgIpc) is 2.60. The number of fused-ring (bicyclic) bond motifs is 1. The van der Waals surface area contributed by atoms with E-state index in [1.807, 2.05) is 49.4 Å². The molecule has 3 rings (SSSR count). The SMILES string of the molecule is CCC(Oc1ccc2ccccc2c1)C(=O)Nc1cccnc1. The lowest BCUT2D eigenvalue weighted by molar-refractivity contribution is -0.122. The van der Waals surface area contributed by atoms with Gasteiger partial charge >= 0.3 is 0 Å². The number of amides is 1. The average molecular weight is 306 g/mol. The van der Waals surface area contributed by atoms with Crippen LogP contribution in [0.1, 0.15) is 13.3 Å². The highest BCUT2D eigenvalue weighted by Gasteiger charge is 2.18. The van der Waals surface area contributed by atoms with Crippen molar-refractivity contribution in [3.05, 3.63) is 67.0 Å². The molecule has 1 heterocycles. The molecule has 0 bridgehead atoms. The van der Waals surface area contributed by atoms with Gasteiger partial charge in [0.25, 0.3) is 5.91 Å². The molecule has 23 heavy (non-hydrogen) atoms. The number of ether oxygens (including phenoxy) is 1. The van der Waals surface area contributed by atoms with E-state index in [0.29, 0.717) is 17.9 Å². The normalized spacial score (nSPS) is 11.9. The molecule has 3 aromatic rings. The Balaban J connectivity index is 1.73. The van der Waals surface area contributed by atoms with E-state index in [2.05, 4.69) is 10.3 Å². The molecule has 1 N–H and O–H groups in total. The summed E-state index contributed by atoms with van der Waals surface area (Å²) < 4.78 is 5.87. The van der Waals surface area contributed by atoms with Gasteiger partial charge in [-0.25, -0.2) is 0 Å². The number of hydrogen-bond acceptors (Lipinski definition) is 3. The lowest BCUT2D eigenvalue weighted by Crippen LogP contribution is -2.32. The molecule has 1 amide bonds. The fourth-order valence-electron chi connectivity index (χ4n) is 2.39. The first-order valence-electron chi connectivity index (χ1n) is 7.62. The highest BCUT2D eigenvalue weighted by molar-refractivity contribution is 5.94. The fourth-order valence-corrected chi connectivity index (χ4v) is 2.39. The van der Waals surface area contributed by atoms with Gasteiger partial charge in [-0.2, -0.15) is 0 Å². The van der Waals surface area contributed by atoms with Gasteiger partial charge in [0.1, 0.15) is 5.75 Å². The minimum Gasteiger partial charge on any atom is -0.481 e. The van der Waals surface area contributed by atoms with Gasteiger partial charge in [-0.3, -0.25) is 9.78 Å².